The number of nitrogens with zero attached hydrogens (tertiary/aromatic N) is 3. The number of carbonyl (C=O) groups excluding carboxylic acids is 1. The maximum Gasteiger partial charge on any atom is 0.263 e. The molecule has 2 heterocycles. The fourth-order valence-electron chi connectivity index (χ4n) is 2.31. The average Bonchev–Trinajstić information content (AvgIpc) is 3.17. The van der Waals surface area contributed by atoms with Gasteiger partial charge in [-0.1, -0.05) is 24.3 Å². The van der Waals surface area contributed by atoms with E-state index in [1.807, 2.05) is 48.5 Å². The number of amides is 1. The van der Waals surface area contributed by atoms with Crippen molar-refractivity contribution in [2.24, 2.45) is 0 Å². The molecule has 0 atom stereocenters. The molecule has 0 fully saturated rings. The van der Waals surface area contributed by atoms with E-state index in [1.54, 1.807) is 11.0 Å². The van der Waals surface area contributed by atoms with Crippen LogP contribution in [0.4, 0.5) is 0 Å². The van der Waals surface area contributed by atoms with Gasteiger partial charge in [0, 0.05) is 12.2 Å². The van der Waals surface area contributed by atoms with E-state index in [1.165, 1.54) is 12.2 Å². The van der Waals surface area contributed by atoms with Crippen LogP contribution in [0.1, 0.15) is 5.89 Å². The largest absolute Gasteiger partial charge is 0.437 e. The molecule has 0 aliphatic carbocycles. The van der Waals surface area contributed by atoms with Gasteiger partial charge in [0.25, 0.3) is 5.91 Å². The topological polar surface area (TPSA) is 73.0 Å². The number of imidazole rings is 1. The summed E-state index contributed by atoms with van der Waals surface area (Å²) in [5.41, 5.74) is 5.82. The molecule has 2 aromatic carbocycles. The van der Waals surface area contributed by atoms with Gasteiger partial charge in [0.2, 0.25) is 5.89 Å². The van der Waals surface area contributed by atoms with Gasteiger partial charge in [-0.3, -0.25) is 10.2 Å². The van der Waals surface area contributed by atoms with E-state index in [4.69, 9.17) is 4.42 Å². The Hall–Kier alpha value is -3.41. The Morgan fingerprint density at radius 1 is 1.09 bits per heavy atom. The molecular weight excluding hydrogens is 292 g/mol. The van der Waals surface area contributed by atoms with Crippen molar-refractivity contribution < 1.29 is 9.21 Å². The molecule has 4 aromatic rings. The SMILES string of the molecule is O=C(/C=C/c1nc2ccccc2o1)Nn1cnc2ccccc21. The van der Waals surface area contributed by atoms with Crippen molar-refractivity contribution in [2.45, 2.75) is 0 Å². The number of para-hydroxylation sites is 4. The Labute approximate surface area is 131 Å². The van der Waals surface area contributed by atoms with Crippen LogP contribution in [0.15, 0.2) is 65.4 Å². The number of hydrogen-bond acceptors (Lipinski definition) is 4. The third-order valence-electron chi connectivity index (χ3n) is 3.37. The van der Waals surface area contributed by atoms with E-state index in [-0.39, 0.29) is 5.91 Å². The average molecular weight is 304 g/mol. The van der Waals surface area contributed by atoms with Crippen LogP contribution in [-0.2, 0) is 4.79 Å². The molecule has 112 valence electrons. The molecule has 1 N–H and O–H groups in total. The summed E-state index contributed by atoms with van der Waals surface area (Å²) in [4.78, 5) is 20.5. The fourth-order valence-corrected chi connectivity index (χ4v) is 2.31. The first-order valence-corrected chi connectivity index (χ1v) is 7.06. The minimum atomic E-state index is -0.296. The molecule has 1 amide bonds. The van der Waals surface area contributed by atoms with E-state index in [9.17, 15) is 4.79 Å². The molecule has 0 spiro atoms. The van der Waals surface area contributed by atoms with Crippen molar-refractivity contribution in [2.75, 3.05) is 5.43 Å². The molecule has 2 aromatic heterocycles. The quantitative estimate of drug-likeness (QED) is 0.591. The molecule has 0 bridgehead atoms. The van der Waals surface area contributed by atoms with Gasteiger partial charge in [-0.05, 0) is 24.3 Å². The minimum absolute atomic E-state index is 0.296. The molecule has 23 heavy (non-hydrogen) atoms. The number of benzene rings is 2. The highest BCUT2D eigenvalue weighted by atomic mass is 16.3. The molecule has 0 aliphatic heterocycles. The zero-order chi connectivity index (χ0) is 15.6. The second-order valence-corrected chi connectivity index (χ2v) is 4.93. The third kappa shape index (κ3) is 2.57. The smallest absolute Gasteiger partial charge is 0.263 e. The minimum Gasteiger partial charge on any atom is -0.437 e. The van der Waals surface area contributed by atoms with Crippen molar-refractivity contribution >= 4 is 34.1 Å². The summed E-state index contributed by atoms with van der Waals surface area (Å²) in [6.45, 7) is 0. The van der Waals surface area contributed by atoms with Crippen molar-refractivity contribution in [1.29, 1.82) is 0 Å². The van der Waals surface area contributed by atoms with Crippen LogP contribution in [0.25, 0.3) is 28.2 Å². The molecule has 0 aliphatic rings. The van der Waals surface area contributed by atoms with Crippen LogP contribution in [0.2, 0.25) is 0 Å². The van der Waals surface area contributed by atoms with E-state index in [0.717, 1.165) is 16.6 Å². The lowest BCUT2D eigenvalue weighted by Gasteiger charge is -2.03. The summed E-state index contributed by atoms with van der Waals surface area (Å²) < 4.78 is 7.10. The lowest BCUT2D eigenvalue weighted by atomic mass is 10.3. The third-order valence-corrected chi connectivity index (χ3v) is 3.37. The summed E-state index contributed by atoms with van der Waals surface area (Å²) in [5.74, 6) is 0.0900. The number of fused-ring (bicyclic) bond motifs is 2. The second-order valence-electron chi connectivity index (χ2n) is 4.93. The van der Waals surface area contributed by atoms with Crippen molar-refractivity contribution in [3.8, 4) is 0 Å². The molecule has 6 heteroatoms. The maximum atomic E-state index is 12.0. The van der Waals surface area contributed by atoms with E-state index >= 15 is 0 Å². The predicted molar refractivity (Wildman–Crippen MR) is 87.1 cm³/mol. The highest BCUT2D eigenvalue weighted by Gasteiger charge is 2.05. The number of nitrogens with one attached hydrogen (secondary N) is 1. The van der Waals surface area contributed by atoms with Crippen LogP contribution < -0.4 is 5.43 Å². The van der Waals surface area contributed by atoms with Crippen LogP contribution in [0.3, 0.4) is 0 Å². The molecule has 6 nitrogen and oxygen atoms in total. The van der Waals surface area contributed by atoms with Gasteiger partial charge in [-0.25, -0.2) is 14.6 Å². The Morgan fingerprint density at radius 3 is 2.74 bits per heavy atom. The van der Waals surface area contributed by atoms with E-state index < -0.39 is 0 Å². The normalized spacial score (nSPS) is 11.5. The Bertz CT molecular complexity index is 996. The highest BCUT2D eigenvalue weighted by Crippen LogP contribution is 2.15. The first-order valence-electron chi connectivity index (χ1n) is 7.06. The number of rotatable bonds is 3. The number of aromatic nitrogens is 3. The lowest BCUT2D eigenvalue weighted by Crippen LogP contribution is -2.19. The predicted octanol–water partition coefficient (Wildman–Crippen LogP) is 2.96. The van der Waals surface area contributed by atoms with Gasteiger partial charge in [-0.2, -0.15) is 0 Å². The van der Waals surface area contributed by atoms with Gasteiger partial charge in [-0.15, -0.1) is 0 Å². The maximum absolute atomic E-state index is 12.0. The Morgan fingerprint density at radius 2 is 1.87 bits per heavy atom. The molecule has 0 saturated carbocycles. The molecule has 0 saturated heterocycles. The van der Waals surface area contributed by atoms with Gasteiger partial charge in [0.1, 0.15) is 11.8 Å². The second kappa shape index (κ2) is 5.42. The fraction of sp³-hybridized carbons (Fsp3) is 0. The molecule has 4 rings (SSSR count). The van der Waals surface area contributed by atoms with Crippen LogP contribution in [0.5, 0.6) is 0 Å². The summed E-state index contributed by atoms with van der Waals surface area (Å²) >= 11 is 0. The standard InChI is InChI=1S/C17H12N4O2/c22-16(20-21-11-18-12-5-1-3-7-14(12)21)9-10-17-19-13-6-2-4-8-15(13)23-17/h1-11H,(H,20,22)/b10-9+. The number of hydrogen-bond donors (Lipinski definition) is 1. The lowest BCUT2D eigenvalue weighted by molar-refractivity contribution is -0.112. The van der Waals surface area contributed by atoms with Crippen molar-refractivity contribution in [3.05, 3.63) is 66.8 Å². The first-order chi connectivity index (χ1) is 11.3. The summed E-state index contributed by atoms with van der Waals surface area (Å²) in [7, 11) is 0. The van der Waals surface area contributed by atoms with Crippen LogP contribution >= 0.6 is 0 Å². The van der Waals surface area contributed by atoms with E-state index in [2.05, 4.69) is 15.4 Å². The molecule has 0 radical (unpaired) electrons. The Balaban J connectivity index is 1.53. The van der Waals surface area contributed by atoms with Gasteiger partial charge >= 0.3 is 0 Å². The van der Waals surface area contributed by atoms with Gasteiger partial charge < -0.3 is 4.42 Å². The first kappa shape index (κ1) is 13.3. The zero-order valence-corrected chi connectivity index (χ0v) is 12.0. The van der Waals surface area contributed by atoms with Gasteiger partial charge in [0.05, 0.1) is 11.0 Å². The van der Waals surface area contributed by atoms with Crippen molar-refractivity contribution in [1.82, 2.24) is 14.6 Å². The highest BCUT2D eigenvalue weighted by molar-refractivity contribution is 5.98. The van der Waals surface area contributed by atoms with Crippen molar-refractivity contribution in [3.63, 3.8) is 0 Å². The van der Waals surface area contributed by atoms with Crippen LogP contribution in [0, 0.1) is 0 Å². The van der Waals surface area contributed by atoms with Gasteiger partial charge in [0.15, 0.2) is 5.58 Å². The number of oxazole rings is 1. The molecular formula is C17H12N4O2. The number of carbonyl (C=O) groups is 1. The van der Waals surface area contributed by atoms with Crippen LogP contribution in [-0.4, -0.2) is 20.6 Å². The molecule has 0 unspecified atom stereocenters. The summed E-state index contributed by atoms with van der Waals surface area (Å²) in [6.07, 6.45) is 4.48. The zero-order valence-electron chi connectivity index (χ0n) is 12.0. The summed E-state index contributed by atoms with van der Waals surface area (Å²) in [6, 6.07) is 15.0. The van der Waals surface area contributed by atoms with E-state index in [0.29, 0.717) is 11.5 Å². The Kier molecular flexibility index (Phi) is 3.12. The monoisotopic (exact) mass is 304 g/mol. The summed E-state index contributed by atoms with van der Waals surface area (Å²) in [5, 5.41) is 0.